The van der Waals surface area contributed by atoms with E-state index in [9.17, 15) is 19.7 Å². The molecule has 0 saturated carbocycles. The minimum Gasteiger partial charge on any atom is -0.481 e. The quantitative estimate of drug-likeness (QED) is 0.533. The maximum absolute atomic E-state index is 11.4. The predicted molar refractivity (Wildman–Crippen MR) is 52.8 cm³/mol. The third kappa shape index (κ3) is 2.66. The summed E-state index contributed by atoms with van der Waals surface area (Å²) in [5.74, 6) is -1.48. The molecule has 1 aliphatic rings. The Labute approximate surface area is 90.6 Å². The second kappa shape index (κ2) is 4.56. The molecular formula is C9H10N2O5. The summed E-state index contributed by atoms with van der Waals surface area (Å²) in [6, 6.07) is 0. The predicted octanol–water partition coefficient (Wildman–Crippen LogP) is 0.416. The molecule has 0 aliphatic carbocycles. The SMILES string of the molecule is CC1=C(CCC(=O)O)C(=O)N/C1=C\[N+](=O)[O-]. The fraction of sp³-hybridized carbons (Fsp3) is 0.333. The van der Waals surface area contributed by atoms with Crippen molar-refractivity contribution in [2.24, 2.45) is 0 Å². The van der Waals surface area contributed by atoms with E-state index in [1.165, 1.54) is 0 Å². The number of amides is 1. The van der Waals surface area contributed by atoms with Gasteiger partial charge in [0.15, 0.2) is 0 Å². The van der Waals surface area contributed by atoms with Gasteiger partial charge in [0.2, 0.25) is 0 Å². The number of hydrogen-bond donors (Lipinski definition) is 2. The second-order valence-electron chi connectivity index (χ2n) is 3.28. The minimum atomic E-state index is -1.01. The molecule has 7 nitrogen and oxygen atoms in total. The molecular weight excluding hydrogens is 216 g/mol. The van der Waals surface area contributed by atoms with Crippen molar-refractivity contribution in [3.63, 3.8) is 0 Å². The fourth-order valence-electron chi connectivity index (χ4n) is 1.39. The Kier molecular flexibility index (Phi) is 3.39. The van der Waals surface area contributed by atoms with Gasteiger partial charge in [-0.25, -0.2) is 0 Å². The Morgan fingerprint density at radius 2 is 2.25 bits per heavy atom. The van der Waals surface area contributed by atoms with Crippen LogP contribution in [0.2, 0.25) is 0 Å². The van der Waals surface area contributed by atoms with Crippen LogP contribution in [-0.4, -0.2) is 21.9 Å². The number of allylic oxidation sites excluding steroid dienone is 1. The van der Waals surface area contributed by atoms with Crippen molar-refractivity contribution in [3.8, 4) is 0 Å². The third-order valence-electron chi connectivity index (χ3n) is 2.20. The molecule has 1 aliphatic heterocycles. The summed E-state index contributed by atoms with van der Waals surface area (Å²) < 4.78 is 0. The third-order valence-corrected chi connectivity index (χ3v) is 2.20. The van der Waals surface area contributed by atoms with Crippen LogP contribution in [0.25, 0.3) is 0 Å². The van der Waals surface area contributed by atoms with Crippen LogP contribution < -0.4 is 5.32 Å². The highest BCUT2D eigenvalue weighted by atomic mass is 16.6. The first kappa shape index (κ1) is 11.9. The summed E-state index contributed by atoms with van der Waals surface area (Å²) in [5, 5.41) is 21.0. The van der Waals surface area contributed by atoms with Gasteiger partial charge in [0.1, 0.15) is 5.70 Å². The zero-order valence-corrected chi connectivity index (χ0v) is 8.52. The van der Waals surface area contributed by atoms with Crippen LogP contribution in [0.3, 0.4) is 0 Å². The van der Waals surface area contributed by atoms with Crippen LogP contribution in [0.1, 0.15) is 19.8 Å². The van der Waals surface area contributed by atoms with Gasteiger partial charge in [0.25, 0.3) is 12.1 Å². The average molecular weight is 226 g/mol. The molecule has 0 aromatic heterocycles. The zero-order chi connectivity index (χ0) is 12.3. The summed E-state index contributed by atoms with van der Waals surface area (Å²) in [7, 11) is 0. The zero-order valence-electron chi connectivity index (χ0n) is 8.52. The molecule has 0 unspecified atom stereocenters. The molecule has 0 radical (unpaired) electrons. The van der Waals surface area contributed by atoms with Crippen LogP contribution in [0, 0.1) is 10.1 Å². The number of carbonyl (C=O) groups is 2. The van der Waals surface area contributed by atoms with E-state index in [1.807, 2.05) is 0 Å². The summed E-state index contributed by atoms with van der Waals surface area (Å²) in [5.41, 5.74) is 0.842. The van der Waals surface area contributed by atoms with E-state index < -0.39 is 16.8 Å². The lowest BCUT2D eigenvalue weighted by Gasteiger charge is -1.96. The van der Waals surface area contributed by atoms with Gasteiger partial charge < -0.3 is 10.4 Å². The molecule has 0 spiro atoms. The minimum absolute atomic E-state index is 0.0715. The maximum Gasteiger partial charge on any atom is 0.303 e. The van der Waals surface area contributed by atoms with E-state index in [2.05, 4.69) is 5.32 Å². The standard InChI is InChI=1S/C9H10N2O5/c1-5-6(2-3-8(12)13)9(14)10-7(5)4-11(15)16/h4H,2-3H2,1H3,(H,10,14)(H,12,13)/b7-4-. The lowest BCUT2D eigenvalue weighted by Crippen LogP contribution is -2.17. The number of rotatable bonds is 4. The maximum atomic E-state index is 11.4. The van der Waals surface area contributed by atoms with Crippen LogP contribution in [0.15, 0.2) is 23.0 Å². The molecule has 0 aromatic carbocycles. The number of hydrogen-bond acceptors (Lipinski definition) is 4. The molecule has 7 heteroatoms. The molecule has 86 valence electrons. The summed E-state index contributed by atoms with van der Waals surface area (Å²) in [6.45, 7) is 1.55. The van der Waals surface area contributed by atoms with Crippen molar-refractivity contribution in [2.75, 3.05) is 0 Å². The number of nitrogens with one attached hydrogen (secondary N) is 1. The Morgan fingerprint density at radius 1 is 1.62 bits per heavy atom. The van der Waals surface area contributed by atoms with Gasteiger partial charge >= 0.3 is 5.97 Å². The number of nitro groups is 1. The van der Waals surface area contributed by atoms with E-state index in [1.54, 1.807) is 6.92 Å². The Bertz CT molecular complexity index is 422. The lowest BCUT2D eigenvalue weighted by atomic mass is 10.1. The first-order chi connectivity index (χ1) is 7.41. The van der Waals surface area contributed by atoms with Crippen molar-refractivity contribution >= 4 is 11.9 Å². The molecule has 0 atom stereocenters. The summed E-state index contributed by atoms with van der Waals surface area (Å²) in [4.78, 5) is 31.3. The van der Waals surface area contributed by atoms with E-state index >= 15 is 0 Å². The van der Waals surface area contributed by atoms with Crippen LogP contribution in [0.5, 0.6) is 0 Å². The normalized spacial score (nSPS) is 17.8. The molecule has 16 heavy (non-hydrogen) atoms. The Morgan fingerprint density at radius 3 is 2.75 bits per heavy atom. The van der Waals surface area contributed by atoms with Gasteiger partial charge in [0.05, 0.1) is 4.92 Å². The van der Waals surface area contributed by atoms with E-state index in [-0.39, 0.29) is 24.1 Å². The van der Waals surface area contributed by atoms with Crippen molar-refractivity contribution < 1.29 is 19.6 Å². The number of nitrogens with zero attached hydrogens (tertiary/aromatic N) is 1. The van der Waals surface area contributed by atoms with Crippen LogP contribution >= 0.6 is 0 Å². The highest BCUT2D eigenvalue weighted by molar-refractivity contribution is 6.00. The number of carboxylic acids is 1. The van der Waals surface area contributed by atoms with E-state index in [4.69, 9.17) is 5.11 Å². The molecule has 0 bridgehead atoms. The lowest BCUT2D eigenvalue weighted by molar-refractivity contribution is -0.403. The van der Waals surface area contributed by atoms with Crippen molar-refractivity contribution in [1.29, 1.82) is 0 Å². The molecule has 0 saturated heterocycles. The molecule has 1 rings (SSSR count). The van der Waals surface area contributed by atoms with Crippen molar-refractivity contribution in [1.82, 2.24) is 5.32 Å². The van der Waals surface area contributed by atoms with Crippen LogP contribution in [0.4, 0.5) is 0 Å². The topological polar surface area (TPSA) is 110 Å². The van der Waals surface area contributed by atoms with Gasteiger partial charge in [0, 0.05) is 12.0 Å². The molecule has 0 fully saturated rings. The van der Waals surface area contributed by atoms with Gasteiger partial charge in [-0.05, 0) is 18.9 Å². The highest BCUT2D eigenvalue weighted by Crippen LogP contribution is 2.23. The van der Waals surface area contributed by atoms with Gasteiger partial charge in [-0.1, -0.05) is 0 Å². The number of carbonyl (C=O) groups excluding carboxylic acids is 1. The van der Waals surface area contributed by atoms with Crippen molar-refractivity contribution in [2.45, 2.75) is 19.8 Å². The van der Waals surface area contributed by atoms with E-state index in [0.29, 0.717) is 11.8 Å². The molecule has 2 N–H and O–H groups in total. The largest absolute Gasteiger partial charge is 0.481 e. The average Bonchev–Trinajstić information content (AvgIpc) is 2.39. The summed E-state index contributed by atoms with van der Waals surface area (Å²) in [6.07, 6.45) is 0.592. The fourth-order valence-corrected chi connectivity index (χ4v) is 1.39. The number of carboxylic acid groups (broad SMARTS) is 1. The smallest absolute Gasteiger partial charge is 0.303 e. The van der Waals surface area contributed by atoms with Crippen LogP contribution in [-0.2, 0) is 9.59 Å². The van der Waals surface area contributed by atoms with Crippen molar-refractivity contribution in [3.05, 3.63) is 33.2 Å². The first-order valence-electron chi connectivity index (χ1n) is 4.50. The monoisotopic (exact) mass is 226 g/mol. The first-order valence-corrected chi connectivity index (χ1v) is 4.50. The molecule has 0 aromatic rings. The van der Waals surface area contributed by atoms with Gasteiger partial charge in [-0.3, -0.25) is 19.7 Å². The van der Waals surface area contributed by atoms with E-state index in [0.717, 1.165) is 0 Å². The Balaban J connectivity index is 2.89. The molecule has 1 heterocycles. The Hall–Kier alpha value is -2.18. The van der Waals surface area contributed by atoms with Gasteiger partial charge in [-0.2, -0.15) is 0 Å². The molecule has 1 amide bonds. The second-order valence-corrected chi connectivity index (χ2v) is 3.28. The number of aliphatic carboxylic acids is 1. The highest BCUT2D eigenvalue weighted by Gasteiger charge is 2.26. The van der Waals surface area contributed by atoms with Gasteiger partial charge in [-0.15, -0.1) is 0 Å². The summed E-state index contributed by atoms with van der Waals surface area (Å²) >= 11 is 0.